The monoisotopic (exact) mass is 328 g/mol. The summed E-state index contributed by atoms with van der Waals surface area (Å²) >= 11 is 5.98. The first kappa shape index (κ1) is 15.1. The van der Waals surface area contributed by atoms with Crippen LogP contribution in [0.15, 0.2) is 59.3 Å². The van der Waals surface area contributed by atoms with Crippen LogP contribution < -0.4 is 10.1 Å². The predicted molar refractivity (Wildman–Crippen MR) is 87.9 cm³/mol. The van der Waals surface area contributed by atoms with Crippen molar-refractivity contribution < 1.29 is 13.9 Å². The van der Waals surface area contributed by atoms with Gasteiger partial charge in [0, 0.05) is 10.6 Å². The SMILES string of the molecule is COc1ccccc1NC(=O)c1ncoc1-c1cccc(Cl)c1. The Hall–Kier alpha value is -2.79. The number of nitrogens with one attached hydrogen (secondary N) is 1. The highest BCUT2D eigenvalue weighted by atomic mass is 35.5. The van der Waals surface area contributed by atoms with Crippen molar-refractivity contribution in [3.05, 3.63) is 65.6 Å². The second kappa shape index (κ2) is 6.54. The molecular formula is C17H13ClN2O3. The van der Waals surface area contributed by atoms with Crippen molar-refractivity contribution in [1.29, 1.82) is 0 Å². The highest BCUT2D eigenvalue weighted by molar-refractivity contribution is 6.30. The van der Waals surface area contributed by atoms with Crippen molar-refractivity contribution in [3.8, 4) is 17.1 Å². The summed E-state index contributed by atoms with van der Waals surface area (Å²) in [5, 5.41) is 3.32. The fourth-order valence-electron chi connectivity index (χ4n) is 2.17. The van der Waals surface area contributed by atoms with Gasteiger partial charge in [0.05, 0.1) is 12.8 Å². The molecule has 0 saturated carbocycles. The Morgan fingerprint density at radius 1 is 1.22 bits per heavy atom. The average molecular weight is 329 g/mol. The first-order valence-electron chi connectivity index (χ1n) is 6.83. The molecule has 1 aromatic heterocycles. The summed E-state index contributed by atoms with van der Waals surface area (Å²) in [6.45, 7) is 0. The van der Waals surface area contributed by atoms with Crippen LogP contribution in [0.25, 0.3) is 11.3 Å². The van der Waals surface area contributed by atoms with E-state index in [1.807, 2.05) is 6.07 Å². The van der Waals surface area contributed by atoms with Gasteiger partial charge >= 0.3 is 0 Å². The number of hydrogen-bond acceptors (Lipinski definition) is 4. The smallest absolute Gasteiger partial charge is 0.278 e. The van der Waals surface area contributed by atoms with Crippen LogP contribution in [-0.4, -0.2) is 18.0 Å². The zero-order chi connectivity index (χ0) is 16.2. The third-order valence-corrected chi connectivity index (χ3v) is 3.46. The van der Waals surface area contributed by atoms with E-state index >= 15 is 0 Å². The third kappa shape index (κ3) is 3.19. The number of carbonyl (C=O) groups is 1. The molecule has 0 atom stereocenters. The Bertz CT molecular complexity index is 845. The van der Waals surface area contributed by atoms with Crippen LogP contribution in [0.5, 0.6) is 5.75 Å². The van der Waals surface area contributed by atoms with Crippen molar-refractivity contribution in [2.45, 2.75) is 0 Å². The number of hydrogen-bond donors (Lipinski definition) is 1. The van der Waals surface area contributed by atoms with Gasteiger partial charge in [0.15, 0.2) is 17.8 Å². The van der Waals surface area contributed by atoms with E-state index in [1.54, 1.807) is 49.6 Å². The van der Waals surface area contributed by atoms with E-state index in [1.165, 1.54) is 6.39 Å². The molecule has 0 bridgehead atoms. The van der Waals surface area contributed by atoms with Crippen molar-refractivity contribution >= 4 is 23.2 Å². The minimum absolute atomic E-state index is 0.179. The minimum Gasteiger partial charge on any atom is -0.495 e. The molecule has 2 aromatic carbocycles. The molecule has 1 amide bonds. The molecule has 3 rings (SSSR count). The summed E-state index contributed by atoms with van der Waals surface area (Å²) in [6.07, 6.45) is 1.23. The summed E-state index contributed by atoms with van der Waals surface area (Å²) in [4.78, 5) is 16.5. The second-order valence-electron chi connectivity index (χ2n) is 4.69. The van der Waals surface area contributed by atoms with Crippen molar-refractivity contribution in [1.82, 2.24) is 4.98 Å². The normalized spacial score (nSPS) is 10.3. The number of aromatic nitrogens is 1. The maximum Gasteiger partial charge on any atom is 0.278 e. The van der Waals surface area contributed by atoms with Gasteiger partial charge in [-0.3, -0.25) is 4.79 Å². The molecule has 1 N–H and O–H groups in total. The van der Waals surface area contributed by atoms with E-state index in [4.69, 9.17) is 20.8 Å². The number of methoxy groups -OCH3 is 1. The van der Waals surface area contributed by atoms with Crippen molar-refractivity contribution in [3.63, 3.8) is 0 Å². The number of nitrogens with zero attached hydrogens (tertiary/aromatic N) is 1. The first-order valence-corrected chi connectivity index (χ1v) is 7.20. The van der Waals surface area contributed by atoms with Crippen LogP contribution in [-0.2, 0) is 0 Å². The quantitative estimate of drug-likeness (QED) is 0.777. The number of carbonyl (C=O) groups excluding carboxylic acids is 1. The van der Waals surface area contributed by atoms with Gasteiger partial charge in [-0.05, 0) is 24.3 Å². The van der Waals surface area contributed by atoms with Gasteiger partial charge in [-0.25, -0.2) is 4.98 Å². The number of halogens is 1. The zero-order valence-corrected chi connectivity index (χ0v) is 13.0. The number of amides is 1. The third-order valence-electron chi connectivity index (χ3n) is 3.22. The maximum absolute atomic E-state index is 12.5. The summed E-state index contributed by atoms with van der Waals surface area (Å²) in [5.41, 5.74) is 1.42. The molecule has 0 unspecified atom stereocenters. The van der Waals surface area contributed by atoms with Crippen LogP contribution in [0, 0.1) is 0 Å². The highest BCUT2D eigenvalue weighted by Crippen LogP contribution is 2.28. The number of rotatable bonds is 4. The summed E-state index contributed by atoms with van der Waals surface area (Å²) in [7, 11) is 1.54. The Labute approximate surface area is 137 Å². The first-order chi connectivity index (χ1) is 11.2. The lowest BCUT2D eigenvalue weighted by Gasteiger charge is -2.09. The number of oxazole rings is 1. The average Bonchev–Trinajstić information content (AvgIpc) is 3.05. The van der Waals surface area contributed by atoms with Crippen LogP contribution in [0.4, 0.5) is 5.69 Å². The van der Waals surface area contributed by atoms with Gasteiger partial charge in [0.25, 0.3) is 5.91 Å². The lowest BCUT2D eigenvalue weighted by atomic mass is 10.1. The molecule has 0 saturated heterocycles. The standard InChI is InChI=1S/C17H13ClN2O3/c1-22-14-8-3-2-7-13(14)20-17(21)15-16(23-10-19-15)11-5-4-6-12(18)9-11/h2-10H,1H3,(H,20,21). The largest absolute Gasteiger partial charge is 0.495 e. The maximum atomic E-state index is 12.5. The summed E-state index contributed by atoms with van der Waals surface area (Å²) in [5.74, 6) is 0.534. The molecule has 116 valence electrons. The Morgan fingerprint density at radius 3 is 2.83 bits per heavy atom. The molecule has 5 nitrogen and oxygen atoms in total. The molecule has 0 radical (unpaired) electrons. The Balaban J connectivity index is 1.91. The van der Waals surface area contributed by atoms with Gasteiger partial charge < -0.3 is 14.5 Å². The van der Waals surface area contributed by atoms with Gasteiger partial charge in [-0.15, -0.1) is 0 Å². The van der Waals surface area contributed by atoms with E-state index in [-0.39, 0.29) is 5.69 Å². The zero-order valence-electron chi connectivity index (χ0n) is 12.2. The Kier molecular flexibility index (Phi) is 4.30. The highest BCUT2D eigenvalue weighted by Gasteiger charge is 2.19. The lowest BCUT2D eigenvalue weighted by molar-refractivity contribution is 0.102. The van der Waals surface area contributed by atoms with E-state index in [9.17, 15) is 4.79 Å². The number of para-hydroxylation sites is 2. The fraction of sp³-hybridized carbons (Fsp3) is 0.0588. The molecule has 3 aromatic rings. The van der Waals surface area contributed by atoms with Crippen LogP contribution >= 0.6 is 11.6 Å². The second-order valence-corrected chi connectivity index (χ2v) is 5.13. The van der Waals surface area contributed by atoms with Crippen molar-refractivity contribution in [2.75, 3.05) is 12.4 Å². The van der Waals surface area contributed by atoms with Gasteiger partial charge in [0.1, 0.15) is 5.75 Å². The molecule has 0 fully saturated rings. The van der Waals surface area contributed by atoms with E-state index in [0.29, 0.717) is 27.8 Å². The molecule has 0 aliphatic heterocycles. The lowest BCUT2D eigenvalue weighted by Crippen LogP contribution is -2.14. The van der Waals surface area contributed by atoms with Crippen LogP contribution in [0.3, 0.4) is 0 Å². The van der Waals surface area contributed by atoms with Gasteiger partial charge in [-0.1, -0.05) is 35.9 Å². The Morgan fingerprint density at radius 2 is 2.04 bits per heavy atom. The topological polar surface area (TPSA) is 64.4 Å². The molecule has 6 heteroatoms. The van der Waals surface area contributed by atoms with Gasteiger partial charge in [-0.2, -0.15) is 0 Å². The van der Waals surface area contributed by atoms with E-state index < -0.39 is 5.91 Å². The molecule has 23 heavy (non-hydrogen) atoms. The van der Waals surface area contributed by atoms with E-state index in [0.717, 1.165) is 0 Å². The molecule has 0 aliphatic carbocycles. The minimum atomic E-state index is -0.391. The predicted octanol–water partition coefficient (Wildman–Crippen LogP) is 4.26. The number of benzene rings is 2. The molecule has 0 spiro atoms. The van der Waals surface area contributed by atoms with Crippen LogP contribution in [0.2, 0.25) is 5.02 Å². The summed E-state index contributed by atoms with van der Waals surface area (Å²) in [6, 6.07) is 14.2. The molecule has 0 aliphatic rings. The number of ether oxygens (including phenoxy) is 1. The van der Waals surface area contributed by atoms with Gasteiger partial charge in [0.2, 0.25) is 0 Å². The molecule has 1 heterocycles. The van der Waals surface area contributed by atoms with Crippen molar-refractivity contribution in [2.24, 2.45) is 0 Å². The summed E-state index contributed by atoms with van der Waals surface area (Å²) < 4.78 is 10.6. The van der Waals surface area contributed by atoms with E-state index in [2.05, 4.69) is 10.3 Å². The van der Waals surface area contributed by atoms with Crippen LogP contribution in [0.1, 0.15) is 10.5 Å². The fourth-order valence-corrected chi connectivity index (χ4v) is 2.36. The molecular weight excluding hydrogens is 316 g/mol. The number of anilines is 1.